The highest BCUT2D eigenvalue weighted by Gasteiger charge is 2.23. The predicted molar refractivity (Wildman–Crippen MR) is 100 cm³/mol. The first-order valence-corrected chi connectivity index (χ1v) is 8.22. The van der Waals surface area contributed by atoms with Crippen molar-refractivity contribution in [2.75, 3.05) is 5.32 Å². The lowest BCUT2D eigenvalue weighted by Crippen LogP contribution is -2.17. The third-order valence-electron chi connectivity index (χ3n) is 4.32. The number of Topliss-reactive ketones (excluding diaryl/α,β-unsaturated/α-hetero) is 1. The Morgan fingerprint density at radius 3 is 2.37 bits per heavy atom. The molecule has 0 radical (unpaired) electrons. The van der Waals surface area contributed by atoms with Gasteiger partial charge in [0, 0.05) is 34.0 Å². The number of carbonyl (C=O) groups excluding carboxylic acids is 2. The molecule has 0 spiro atoms. The quantitative estimate of drug-likeness (QED) is 0.376. The molecule has 2 aromatic carbocycles. The number of nitrogens with one attached hydrogen (secondary N) is 2. The number of aryl methyl sites for hydroxylation is 1. The van der Waals surface area contributed by atoms with Crippen molar-refractivity contribution in [3.05, 3.63) is 76.4 Å². The topological polar surface area (TPSA) is 133 Å². The van der Waals surface area contributed by atoms with Gasteiger partial charge in [-0.15, -0.1) is 0 Å². The number of carboxylic acids is 1. The Labute approximate surface area is 155 Å². The van der Waals surface area contributed by atoms with Gasteiger partial charge in [-0.25, -0.2) is 4.79 Å². The fourth-order valence-corrected chi connectivity index (χ4v) is 2.95. The van der Waals surface area contributed by atoms with Gasteiger partial charge < -0.3 is 16.2 Å². The SMILES string of the molecule is N=C(N)c1ccc(C(=O)Nc2ccc3c(c2)CC/C(=C\C(=O)O)C3=O)cc1. The Kier molecular flexibility index (Phi) is 4.85. The van der Waals surface area contributed by atoms with Gasteiger partial charge in [-0.1, -0.05) is 12.1 Å². The van der Waals surface area contributed by atoms with Crippen LogP contribution in [0, 0.1) is 5.41 Å². The van der Waals surface area contributed by atoms with Gasteiger partial charge in [0.15, 0.2) is 5.78 Å². The van der Waals surface area contributed by atoms with Crippen LogP contribution in [0.15, 0.2) is 54.1 Å². The Balaban J connectivity index is 1.78. The lowest BCUT2D eigenvalue weighted by molar-refractivity contribution is -0.131. The minimum atomic E-state index is -1.14. The number of carboxylic acid groups (broad SMARTS) is 1. The van der Waals surface area contributed by atoms with Crippen LogP contribution in [-0.4, -0.2) is 28.6 Å². The number of amidine groups is 1. The van der Waals surface area contributed by atoms with Crippen LogP contribution >= 0.6 is 0 Å². The van der Waals surface area contributed by atoms with Gasteiger partial charge in [0.05, 0.1) is 0 Å². The average Bonchev–Trinajstić information content (AvgIpc) is 2.64. The largest absolute Gasteiger partial charge is 0.478 e. The normalized spacial score (nSPS) is 14.5. The molecule has 0 aromatic heterocycles. The number of aliphatic carboxylic acids is 1. The summed E-state index contributed by atoms with van der Waals surface area (Å²) in [6.45, 7) is 0. The summed E-state index contributed by atoms with van der Waals surface area (Å²) in [4.78, 5) is 35.5. The number of benzene rings is 2. The van der Waals surface area contributed by atoms with E-state index in [1.807, 2.05) is 0 Å². The number of ketones is 1. The van der Waals surface area contributed by atoms with Crippen molar-refractivity contribution in [3.63, 3.8) is 0 Å². The van der Waals surface area contributed by atoms with E-state index in [2.05, 4.69) is 5.32 Å². The summed E-state index contributed by atoms with van der Waals surface area (Å²) in [6, 6.07) is 11.3. The number of nitrogens with two attached hydrogens (primary N) is 1. The fourth-order valence-electron chi connectivity index (χ4n) is 2.95. The second-order valence-electron chi connectivity index (χ2n) is 6.15. The van der Waals surface area contributed by atoms with E-state index in [9.17, 15) is 14.4 Å². The lowest BCUT2D eigenvalue weighted by Gasteiger charge is -2.18. The molecule has 2 aromatic rings. The van der Waals surface area contributed by atoms with Crippen LogP contribution in [0.5, 0.6) is 0 Å². The molecule has 7 heteroatoms. The third-order valence-corrected chi connectivity index (χ3v) is 4.32. The molecule has 5 N–H and O–H groups in total. The van der Waals surface area contributed by atoms with Crippen molar-refractivity contribution < 1.29 is 19.5 Å². The summed E-state index contributed by atoms with van der Waals surface area (Å²) >= 11 is 0. The summed E-state index contributed by atoms with van der Waals surface area (Å²) in [5.74, 6) is -1.82. The smallest absolute Gasteiger partial charge is 0.328 e. The zero-order chi connectivity index (χ0) is 19.6. The molecule has 0 heterocycles. The number of hydrogen-bond acceptors (Lipinski definition) is 4. The molecule has 0 atom stereocenters. The number of anilines is 1. The first-order valence-electron chi connectivity index (χ1n) is 8.22. The highest BCUT2D eigenvalue weighted by molar-refractivity contribution is 6.13. The number of rotatable bonds is 4. The maximum absolute atomic E-state index is 12.4. The number of nitrogen functional groups attached to an aromatic ring is 1. The molecule has 0 saturated heterocycles. The summed E-state index contributed by atoms with van der Waals surface area (Å²) in [7, 11) is 0. The van der Waals surface area contributed by atoms with Crippen LogP contribution in [0.2, 0.25) is 0 Å². The van der Waals surface area contributed by atoms with E-state index in [0.717, 1.165) is 11.6 Å². The summed E-state index contributed by atoms with van der Waals surface area (Å²) in [5, 5.41) is 19.0. The fraction of sp³-hybridized carbons (Fsp3) is 0.100. The van der Waals surface area contributed by atoms with Crippen LogP contribution < -0.4 is 11.1 Å². The molecule has 1 amide bonds. The van der Waals surface area contributed by atoms with Gasteiger partial charge in [-0.2, -0.15) is 0 Å². The molecule has 0 fully saturated rings. The Morgan fingerprint density at radius 2 is 1.74 bits per heavy atom. The van der Waals surface area contributed by atoms with Gasteiger partial charge >= 0.3 is 5.97 Å². The van der Waals surface area contributed by atoms with Crippen molar-refractivity contribution in [2.45, 2.75) is 12.8 Å². The third kappa shape index (κ3) is 3.92. The highest BCUT2D eigenvalue weighted by Crippen LogP contribution is 2.27. The molecule has 0 unspecified atom stereocenters. The average molecular weight is 363 g/mol. The first kappa shape index (κ1) is 18.1. The monoisotopic (exact) mass is 363 g/mol. The molecule has 0 saturated carbocycles. The minimum Gasteiger partial charge on any atom is -0.478 e. The van der Waals surface area contributed by atoms with Crippen molar-refractivity contribution >= 4 is 29.2 Å². The number of fused-ring (bicyclic) bond motifs is 1. The first-order chi connectivity index (χ1) is 12.8. The Bertz CT molecular complexity index is 991. The lowest BCUT2D eigenvalue weighted by atomic mass is 9.86. The molecule has 1 aliphatic rings. The van der Waals surface area contributed by atoms with E-state index in [1.54, 1.807) is 42.5 Å². The molecule has 7 nitrogen and oxygen atoms in total. The minimum absolute atomic E-state index is 0.0716. The van der Waals surface area contributed by atoms with Crippen molar-refractivity contribution in [1.82, 2.24) is 0 Å². The van der Waals surface area contributed by atoms with Gasteiger partial charge in [-0.05, 0) is 48.7 Å². The van der Waals surface area contributed by atoms with Crippen molar-refractivity contribution in [1.29, 1.82) is 5.41 Å². The van der Waals surface area contributed by atoms with Crippen LogP contribution in [0.25, 0.3) is 0 Å². The zero-order valence-electron chi connectivity index (χ0n) is 14.3. The van der Waals surface area contributed by atoms with Crippen LogP contribution in [-0.2, 0) is 11.2 Å². The Hall–Kier alpha value is -3.74. The van der Waals surface area contributed by atoms with Crippen molar-refractivity contribution in [3.8, 4) is 0 Å². The molecule has 0 bridgehead atoms. The van der Waals surface area contributed by atoms with E-state index in [0.29, 0.717) is 35.2 Å². The molecule has 27 heavy (non-hydrogen) atoms. The molecular formula is C20H17N3O4. The van der Waals surface area contributed by atoms with E-state index in [1.165, 1.54) is 0 Å². The summed E-state index contributed by atoms with van der Waals surface area (Å²) in [6.07, 6.45) is 1.82. The van der Waals surface area contributed by atoms with E-state index in [4.69, 9.17) is 16.2 Å². The number of allylic oxidation sites excluding steroid dienone is 1. The van der Waals surface area contributed by atoms with Crippen LogP contribution in [0.4, 0.5) is 5.69 Å². The second-order valence-corrected chi connectivity index (χ2v) is 6.15. The molecule has 136 valence electrons. The van der Waals surface area contributed by atoms with Gasteiger partial charge in [-0.3, -0.25) is 15.0 Å². The molecular weight excluding hydrogens is 346 g/mol. The van der Waals surface area contributed by atoms with E-state index < -0.39 is 5.97 Å². The molecule has 0 aliphatic heterocycles. The maximum atomic E-state index is 12.4. The summed E-state index contributed by atoms with van der Waals surface area (Å²) < 4.78 is 0. The van der Waals surface area contributed by atoms with Crippen LogP contribution in [0.1, 0.15) is 38.3 Å². The Morgan fingerprint density at radius 1 is 1.07 bits per heavy atom. The maximum Gasteiger partial charge on any atom is 0.328 e. The van der Waals surface area contributed by atoms with E-state index >= 15 is 0 Å². The summed E-state index contributed by atoms with van der Waals surface area (Å²) in [5.41, 5.74) is 8.39. The van der Waals surface area contributed by atoms with Gasteiger partial charge in [0.2, 0.25) is 0 Å². The van der Waals surface area contributed by atoms with Gasteiger partial charge in [0.25, 0.3) is 5.91 Å². The van der Waals surface area contributed by atoms with E-state index in [-0.39, 0.29) is 23.1 Å². The second kappa shape index (κ2) is 7.25. The standard InChI is InChI=1S/C20H17N3O4/c21-19(22)11-1-3-12(4-2-11)20(27)23-15-7-8-16-13(9-15)5-6-14(18(16)26)10-17(24)25/h1-4,7-10H,5-6H2,(H3,21,22)(H,23,27)(H,24,25)/b14-10+. The predicted octanol–water partition coefficient (Wildman–Crippen LogP) is 2.36. The number of carbonyl (C=O) groups is 3. The highest BCUT2D eigenvalue weighted by atomic mass is 16.4. The zero-order valence-corrected chi connectivity index (χ0v) is 14.3. The molecule has 3 rings (SSSR count). The number of hydrogen-bond donors (Lipinski definition) is 4. The van der Waals surface area contributed by atoms with Crippen molar-refractivity contribution in [2.24, 2.45) is 5.73 Å². The van der Waals surface area contributed by atoms with Gasteiger partial charge in [0.1, 0.15) is 5.84 Å². The van der Waals surface area contributed by atoms with Crippen LogP contribution in [0.3, 0.4) is 0 Å². The number of amides is 1. The molecule has 1 aliphatic carbocycles.